The maximum Gasteiger partial charge on any atom is 0.175 e. The van der Waals surface area contributed by atoms with Gasteiger partial charge in [0.1, 0.15) is 0 Å². The van der Waals surface area contributed by atoms with Gasteiger partial charge in [-0.3, -0.25) is 0 Å². The summed E-state index contributed by atoms with van der Waals surface area (Å²) in [5.74, 6) is 0. The molecule has 0 atom stereocenters. The van der Waals surface area contributed by atoms with E-state index in [1.807, 2.05) is 0 Å². The average Bonchev–Trinajstić information content (AvgIpc) is 1.85. The second-order valence-corrected chi connectivity index (χ2v) is 8.80. The van der Waals surface area contributed by atoms with Crippen molar-refractivity contribution in [2.24, 2.45) is 0 Å². The Labute approximate surface area is 65.1 Å². The Kier molecular flexibility index (Phi) is 3.11. The minimum atomic E-state index is -1.57. The van der Waals surface area contributed by atoms with Crippen molar-refractivity contribution in [1.82, 2.24) is 0 Å². The van der Waals surface area contributed by atoms with Crippen LogP contribution in [0, 0.1) is 11.0 Å². The summed E-state index contributed by atoms with van der Waals surface area (Å²) in [5, 5.41) is 8.94. The fourth-order valence-corrected chi connectivity index (χ4v) is 2.77. The molecular formula is C8H17NSi. The topological polar surface area (TPSA) is 23.8 Å². The molecular weight excluding hydrogens is 138 g/mol. The largest absolute Gasteiger partial charge is 0.207 e. The molecule has 58 valence electrons. The molecule has 1 nitrogen and oxygen atoms in total. The van der Waals surface area contributed by atoms with E-state index in [0.717, 1.165) is 0 Å². The van der Waals surface area contributed by atoms with Crippen LogP contribution in [-0.2, 0) is 0 Å². The molecule has 0 aliphatic rings. The summed E-state index contributed by atoms with van der Waals surface area (Å²) in [5.41, 5.74) is 3.68. The Bertz CT molecular complexity index is 136. The number of hydrogen-bond donors (Lipinski definition) is 0. The Morgan fingerprint density at radius 1 is 1.10 bits per heavy atom. The first-order valence-corrected chi connectivity index (χ1v) is 6.52. The highest BCUT2D eigenvalue weighted by Gasteiger charge is 2.35. The van der Waals surface area contributed by atoms with Crippen molar-refractivity contribution < 1.29 is 0 Å². The molecule has 0 aromatic heterocycles. The summed E-state index contributed by atoms with van der Waals surface area (Å²) in [6, 6.07) is 0. The molecule has 0 amide bonds. The molecule has 0 saturated heterocycles. The van der Waals surface area contributed by atoms with Crippen LogP contribution >= 0.6 is 0 Å². The third-order valence-corrected chi connectivity index (χ3v) is 7.92. The van der Waals surface area contributed by atoms with Crippen molar-refractivity contribution in [2.75, 3.05) is 0 Å². The normalized spacial score (nSPS) is 12.2. The van der Waals surface area contributed by atoms with E-state index in [9.17, 15) is 0 Å². The van der Waals surface area contributed by atoms with Crippen LogP contribution in [0.1, 0.15) is 27.7 Å². The Morgan fingerprint density at radius 3 is 1.40 bits per heavy atom. The predicted molar refractivity (Wildman–Crippen MR) is 47.4 cm³/mol. The van der Waals surface area contributed by atoms with Crippen LogP contribution in [0.15, 0.2) is 0 Å². The van der Waals surface area contributed by atoms with E-state index >= 15 is 0 Å². The van der Waals surface area contributed by atoms with Gasteiger partial charge in [-0.25, -0.2) is 5.26 Å². The zero-order valence-corrected chi connectivity index (χ0v) is 8.60. The SMILES string of the molecule is CC(C)[Si](C)(C#N)C(C)C. The first-order chi connectivity index (χ1) is 4.45. The Hall–Kier alpha value is -0.293. The van der Waals surface area contributed by atoms with Crippen LogP contribution in [0.5, 0.6) is 0 Å². The highest BCUT2D eigenvalue weighted by molar-refractivity contribution is 6.87. The van der Waals surface area contributed by atoms with Crippen LogP contribution in [0.4, 0.5) is 0 Å². The standard InChI is InChI=1S/C8H17NSi/c1-7(2)10(5,6-9)8(3)4/h7-8H,1-5H3. The van der Waals surface area contributed by atoms with Gasteiger partial charge in [0.2, 0.25) is 0 Å². The van der Waals surface area contributed by atoms with Crippen LogP contribution in [0.25, 0.3) is 0 Å². The van der Waals surface area contributed by atoms with E-state index in [-0.39, 0.29) is 0 Å². The molecule has 0 radical (unpaired) electrons. The minimum absolute atomic E-state index is 0.581. The molecule has 0 fully saturated rings. The average molecular weight is 155 g/mol. The van der Waals surface area contributed by atoms with Gasteiger partial charge in [-0.15, -0.1) is 0 Å². The van der Waals surface area contributed by atoms with Crippen molar-refractivity contribution in [3.05, 3.63) is 0 Å². The highest BCUT2D eigenvalue weighted by atomic mass is 28.3. The molecule has 0 aromatic carbocycles. The molecule has 0 N–H and O–H groups in total. The lowest BCUT2D eigenvalue weighted by Crippen LogP contribution is -2.35. The van der Waals surface area contributed by atoms with E-state index < -0.39 is 8.07 Å². The summed E-state index contributed by atoms with van der Waals surface area (Å²) in [7, 11) is -1.57. The van der Waals surface area contributed by atoms with E-state index in [0.29, 0.717) is 11.1 Å². The third kappa shape index (κ3) is 1.60. The Balaban J connectivity index is 4.43. The summed E-state index contributed by atoms with van der Waals surface area (Å²) in [6.07, 6.45) is 0. The van der Waals surface area contributed by atoms with Gasteiger partial charge in [0.25, 0.3) is 0 Å². The minimum Gasteiger partial charge on any atom is -0.207 e. The van der Waals surface area contributed by atoms with E-state index in [1.165, 1.54) is 0 Å². The number of hydrogen-bond acceptors (Lipinski definition) is 1. The second kappa shape index (κ2) is 3.20. The maximum absolute atomic E-state index is 8.94. The monoisotopic (exact) mass is 155 g/mol. The predicted octanol–water partition coefficient (Wildman–Crippen LogP) is 2.95. The zero-order valence-electron chi connectivity index (χ0n) is 7.60. The van der Waals surface area contributed by atoms with E-state index in [1.54, 1.807) is 0 Å². The molecule has 0 saturated carbocycles. The summed E-state index contributed by atoms with van der Waals surface area (Å²) in [6.45, 7) is 10.8. The number of rotatable bonds is 2. The van der Waals surface area contributed by atoms with Crippen molar-refractivity contribution in [2.45, 2.75) is 45.3 Å². The van der Waals surface area contributed by atoms with Crippen LogP contribution in [0.3, 0.4) is 0 Å². The van der Waals surface area contributed by atoms with Gasteiger partial charge in [0.05, 0.1) is 0 Å². The maximum atomic E-state index is 8.94. The molecule has 2 heteroatoms. The Morgan fingerprint density at radius 2 is 1.40 bits per heavy atom. The smallest absolute Gasteiger partial charge is 0.175 e. The lowest BCUT2D eigenvalue weighted by atomic mass is 10.5. The zero-order chi connectivity index (χ0) is 8.36. The van der Waals surface area contributed by atoms with Gasteiger partial charge in [-0.2, -0.15) is 0 Å². The van der Waals surface area contributed by atoms with Crippen molar-refractivity contribution in [3.8, 4) is 5.69 Å². The first-order valence-electron chi connectivity index (χ1n) is 3.86. The molecule has 0 aliphatic carbocycles. The molecule has 10 heavy (non-hydrogen) atoms. The fourth-order valence-electron chi connectivity index (χ4n) is 0.925. The lowest BCUT2D eigenvalue weighted by molar-refractivity contribution is 0.918. The molecule has 0 heterocycles. The van der Waals surface area contributed by atoms with Crippen LogP contribution in [0.2, 0.25) is 17.6 Å². The molecule has 0 aromatic rings. The second-order valence-electron chi connectivity index (χ2n) is 3.70. The molecule has 0 rings (SSSR count). The highest BCUT2D eigenvalue weighted by Crippen LogP contribution is 2.30. The van der Waals surface area contributed by atoms with E-state index in [2.05, 4.69) is 39.9 Å². The van der Waals surface area contributed by atoms with Crippen molar-refractivity contribution >= 4 is 8.07 Å². The third-order valence-electron chi connectivity index (χ3n) is 2.64. The number of nitriles is 1. The molecule has 0 spiro atoms. The van der Waals surface area contributed by atoms with Gasteiger partial charge < -0.3 is 0 Å². The lowest BCUT2D eigenvalue weighted by Gasteiger charge is -2.26. The van der Waals surface area contributed by atoms with Crippen LogP contribution in [-0.4, -0.2) is 8.07 Å². The van der Waals surface area contributed by atoms with Crippen molar-refractivity contribution in [3.63, 3.8) is 0 Å². The number of nitrogens with zero attached hydrogens (tertiary/aromatic N) is 1. The van der Waals surface area contributed by atoms with Gasteiger partial charge in [0, 0.05) is 5.69 Å². The van der Waals surface area contributed by atoms with Gasteiger partial charge >= 0.3 is 0 Å². The summed E-state index contributed by atoms with van der Waals surface area (Å²) >= 11 is 0. The van der Waals surface area contributed by atoms with Crippen LogP contribution < -0.4 is 0 Å². The molecule has 0 bridgehead atoms. The summed E-state index contributed by atoms with van der Waals surface area (Å²) in [4.78, 5) is 0. The van der Waals surface area contributed by atoms with Gasteiger partial charge in [0.15, 0.2) is 8.07 Å². The quantitative estimate of drug-likeness (QED) is 0.562. The summed E-state index contributed by atoms with van der Waals surface area (Å²) < 4.78 is 0. The van der Waals surface area contributed by atoms with E-state index in [4.69, 9.17) is 5.26 Å². The molecule has 0 unspecified atom stereocenters. The first kappa shape index (κ1) is 9.71. The van der Waals surface area contributed by atoms with Gasteiger partial charge in [-0.1, -0.05) is 34.2 Å². The molecule has 0 aliphatic heterocycles. The fraction of sp³-hybridized carbons (Fsp3) is 0.875. The van der Waals surface area contributed by atoms with Gasteiger partial charge in [-0.05, 0) is 11.1 Å². The van der Waals surface area contributed by atoms with Crippen molar-refractivity contribution in [1.29, 1.82) is 5.26 Å².